The highest BCUT2D eigenvalue weighted by Gasteiger charge is 2.25. The maximum absolute atomic E-state index is 12.1. The summed E-state index contributed by atoms with van der Waals surface area (Å²) >= 11 is 1.73. The Labute approximate surface area is 153 Å². The van der Waals surface area contributed by atoms with Crippen molar-refractivity contribution < 1.29 is 9.53 Å². The van der Waals surface area contributed by atoms with Gasteiger partial charge in [-0.1, -0.05) is 0 Å². The van der Waals surface area contributed by atoms with Crippen molar-refractivity contribution in [1.29, 1.82) is 5.53 Å². The van der Waals surface area contributed by atoms with Crippen LogP contribution in [0.4, 0.5) is 16.2 Å². The first-order valence-corrected chi connectivity index (χ1v) is 9.37. The molecule has 7 nitrogen and oxygen atoms in total. The molecule has 8 heteroatoms. The van der Waals surface area contributed by atoms with Crippen molar-refractivity contribution in [3.8, 4) is 0 Å². The zero-order valence-corrected chi connectivity index (χ0v) is 15.9. The molecule has 0 bridgehead atoms. The van der Waals surface area contributed by atoms with E-state index in [1.807, 2.05) is 32.9 Å². The van der Waals surface area contributed by atoms with Gasteiger partial charge in [0.05, 0.1) is 5.69 Å². The molecule has 0 aliphatic carbocycles. The van der Waals surface area contributed by atoms with Crippen LogP contribution in [0.1, 0.15) is 20.8 Å². The number of hydrogen-bond acceptors (Lipinski definition) is 7. The van der Waals surface area contributed by atoms with E-state index >= 15 is 0 Å². The molecule has 0 saturated carbocycles. The summed E-state index contributed by atoms with van der Waals surface area (Å²) in [6.45, 7) is 9.73. The summed E-state index contributed by atoms with van der Waals surface area (Å²) in [5, 5.41) is 3.37. The number of benzene rings is 1. The Kier molecular flexibility index (Phi) is 6.66. The van der Waals surface area contributed by atoms with Crippen molar-refractivity contribution in [2.45, 2.75) is 31.3 Å². The second-order valence-corrected chi connectivity index (χ2v) is 8.16. The van der Waals surface area contributed by atoms with Gasteiger partial charge in [0.1, 0.15) is 11.3 Å². The predicted octanol–water partition coefficient (Wildman–Crippen LogP) is 3.58. The molecule has 1 amide bonds. The number of carbonyl (C=O) groups is 1. The lowest BCUT2D eigenvalue weighted by atomic mass is 10.2. The minimum absolute atomic E-state index is 0.225. The first-order valence-electron chi connectivity index (χ1n) is 8.38. The first-order chi connectivity index (χ1) is 11.8. The third-order valence-electron chi connectivity index (χ3n) is 3.82. The van der Waals surface area contributed by atoms with Crippen molar-refractivity contribution in [2.24, 2.45) is 5.11 Å². The number of carbonyl (C=O) groups excluding carboxylic acids is 1. The Bertz CT molecular complexity index is 610. The lowest BCUT2D eigenvalue weighted by molar-refractivity contribution is 0.0150. The molecule has 0 unspecified atom stereocenters. The van der Waals surface area contributed by atoms with Gasteiger partial charge in [-0.2, -0.15) is 5.11 Å². The van der Waals surface area contributed by atoms with E-state index in [4.69, 9.17) is 16.0 Å². The number of nitrogens with zero attached hydrogens (tertiary/aromatic N) is 3. The highest BCUT2D eigenvalue weighted by atomic mass is 32.2. The monoisotopic (exact) mass is 365 g/mol. The molecule has 1 heterocycles. The minimum atomic E-state index is -0.449. The molecular formula is C17H27N5O2S. The van der Waals surface area contributed by atoms with Gasteiger partial charge in [-0.15, -0.1) is 11.8 Å². The van der Waals surface area contributed by atoms with Crippen molar-refractivity contribution in [2.75, 3.05) is 44.2 Å². The van der Waals surface area contributed by atoms with Gasteiger partial charge in [0.25, 0.3) is 0 Å². The van der Waals surface area contributed by atoms with Crippen LogP contribution in [0.3, 0.4) is 0 Å². The molecule has 138 valence electrons. The van der Waals surface area contributed by atoms with Gasteiger partial charge in [0, 0.05) is 43.4 Å². The fourth-order valence-corrected chi connectivity index (χ4v) is 3.46. The van der Waals surface area contributed by atoms with Gasteiger partial charge in [0.15, 0.2) is 0 Å². The summed E-state index contributed by atoms with van der Waals surface area (Å²) in [4.78, 5) is 17.3. The van der Waals surface area contributed by atoms with Crippen molar-refractivity contribution >= 4 is 29.2 Å². The quantitative estimate of drug-likeness (QED) is 0.472. The van der Waals surface area contributed by atoms with Crippen molar-refractivity contribution in [3.63, 3.8) is 0 Å². The highest BCUT2D eigenvalue weighted by molar-refractivity contribution is 7.99. The second-order valence-electron chi connectivity index (χ2n) is 6.99. The predicted molar refractivity (Wildman–Crippen MR) is 101 cm³/mol. The Morgan fingerprint density at radius 3 is 2.56 bits per heavy atom. The van der Waals surface area contributed by atoms with Crippen LogP contribution in [0, 0.1) is 5.53 Å². The van der Waals surface area contributed by atoms with Gasteiger partial charge in [-0.25, -0.2) is 10.3 Å². The topological polar surface area (TPSA) is 95.0 Å². The van der Waals surface area contributed by atoms with Crippen LogP contribution in [0.25, 0.3) is 0 Å². The Morgan fingerprint density at radius 1 is 1.32 bits per heavy atom. The molecule has 1 aliphatic heterocycles. The van der Waals surface area contributed by atoms with Crippen LogP contribution >= 0.6 is 11.8 Å². The van der Waals surface area contributed by atoms with E-state index in [-0.39, 0.29) is 6.09 Å². The molecular weight excluding hydrogens is 338 g/mol. The van der Waals surface area contributed by atoms with Gasteiger partial charge < -0.3 is 15.4 Å². The zero-order valence-electron chi connectivity index (χ0n) is 15.1. The van der Waals surface area contributed by atoms with E-state index in [1.54, 1.807) is 22.7 Å². The van der Waals surface area contributed by atoms with Gasteiger partial charge in [-0.3, -0.25) is 4.90 Å². The van der Waals surface area contributed by atoms with Crippen LogP contribution in [0.5, 0.6) is 0 Å². The summed E-state index contributed by atoms with van der Waals surface area (Å²) in [6, 6.07) is 5.57. The summed E-state index contributed by atoms with van der Waals surface area (Å²) in [5.74, 6) is 0.948. The van der Waals surface area contributed by atoms with Crippen LogP contribution in [0.15, 0.2) is 28.2 Å². The molecule has 0 aromatic heterocycles. The van der Waals surface area contributed by atoms with Crippen molar-refractivity contribution in [3.05, 3.63) is 18.2 Å². The average molecular weight is 366 g/mol. The van der Waals surface area contributed by atoms with Crippen LogP contribution in [-0.4, -0.2) is 60.0 Å². The maximum Gasteiger partial charge on any atom is 0.410 e. The standard InChI is InChI=1S/C17H27N5O2S/c1-17(2,3)24-16(23)22-8-6-21(7-9-22)10-11-25-13-4-5-15(20-19)14(18)12-13/h4-5,12,19H,6-11,18H2,1-3H3. The van der Waals surface area contributed by atoms with Crippen molar-refractivity contribution in [1.82, 2.24) is 9.80 Å². The number of nitrogen functional groups attached to an aromatic ring is 1. The van der Waals surface area contributed by atoms with Crippen LogP contribution in [-0.2, 0) is 4.74 Å². The number of amides is 1. The summed E-state index contributed by atoms with van der Waals surface area (Å²) in [7, 11) is 0. The third kappa shape index (κ3) is 6.21. The smallest absolute Gasteiger partial charge is 0.410 e. The van der Waals surface area contributed by atoms with Gasteiger partial charge in [0.2, 0.25) is 0 Å². The second kappa shape index (κ2) is 8.53. The SMILES string of the molecule is CC(C)(C)OC(=O)N1CCN(CCSc2ccc(N=N)c(N)c2)CC1. The highest BCUT2D eigenvalue weighted by Crippen LogP contribution is 2.28. The number of ether oxygens (including phenoxy) is 1. The number of anilines is 1. The molecule has 3 N–H and O–H groups in total. The zero-order chi connectivity index (χ0) is 18.4. The molecule has 1 aromatic carbocycles. The molecule has 1 aliphatic rings. The number of thioether (sulfide) groups is 1. The van der Waals surface area contributed by atoms with E-state index in [9.17, 15) is 4.79 Å². The van der Waals surface area contributed by atoms with Gasteiger partial charge >= 0.3 is 6.09 Å². The number of nitrogens with one attached hydrogen (secondary N) is 1. The summed E-state index contributed by atoms with van der Waals surface area (Å²) in [6.07, 6.45) is -0.225. The van der Waals surface area contributed by atoms with E-state index in [1.165, 1.54) is 0 Å². The maximum atomic E-state index is 12.1. The van der Waals surface area contributed by atoms with E-state index in [0.717, 1.165) is 30.3 Å². The van der Waals surface area contributed by atoms with E-state index in [0.29, 0.717) is 24.5 Å². The number of piperazine rings is 1. The largest absolute Gasteiger partial charge is 0.444 e. The lowest BCUT2D eigenvalue weighted by Gasteiger charge is -2.35. The first kappa shape index (κ1) is 19.5. The fourth-order valence-electron chi connectivity index (χ4n) is 2.50. The average Bonchev–Trinajstić information content (AvgIpc) is 2.54. The summed E-state index contributed by atoms with van der Waals surface area (Å²) in [5.41, 5.74) is 13.4. The molecule has 0 spiro atoms. The molecule has 1 saturated heterocycles. The normalized spacial score (nSPS) is 15.9. The van der Waals surface area contributed by atoms with E-state index < -0.39 is 5.60 Å². The Balaban J connectivity index is 1.71. The van der Waals surface area contributed by atoms with Crippen LogP contribution in [0.2, 0.25) is 0 Å². The Morgan fingerprint density at radius 2 is 2.00 bits per heavy atom. The molecule has 1 aromatic rings. The van der Waals surface area contributed by atoms with Crippen LogP contribution < -0.4 is 5.73 Å². The number of rotatable bonds is 5. The molecule has 25 heavy (non-hydrogen) atoms. The number of hydrogen-bond donors (Lipinski definition) is 2. The van der Waals surface area contributed by atoms with Gasteiger partial charge in [-0.05, 0) is 39.0 Å². The number of nitrogens with two attached hydrogens (primary N) is 1. The lowest BCUT2D eigenvalue weighted by Crippen LogP contribution is -2.50. The fraction of sp³-hybridized carbons (Fsp3) is 0.588. The molecule has 0 atom stereocenters. The Hall–Kier alpha value is -1.80. The van der Waals surface area contributed by atoms with E-state index in [2.05, 4.69) is 10.0 Å². The molecule has 1 fully saturated rings. The molecule has 2 rings (SSSR count). The molecule has 0 radical (unpaired) electrons. The summed E-state index contributed by atoms with van der Waals surface area (Å²) < 4.78 is 5.41. The minimum Gasteiger partial charge on any atom is -0.444 e. The third-order valence-corrected chi connectivity index (χ3v) is 4.79.